The van der Waals surface area contributed by atoms with E-state index in [0.717, 1.165) is 48.3 Å². The smallest absolute Gasteiger partial charge is 0.270 e. The van der Waals surface area contributed by atoms with Crippen LogP contribution in [-0.4, -0.2) is 44.2 Å². The van der Waals surface area contributed by atoms with Crippen LogP contribution < -0.4 is 14.2 Å². The molecule has 1 N–H and O–H groups in total. The van der Waals surface area contributed by atoms with Gasteiger partial charge in [-0.2, -0.15) is 5.10 Å². The van der Waals surface area contributed by atoms with Gasteiger partial charge < -0.3 is 18.7 Å². The molecular formula is C28H30N4O6S. The number of rotatable bonds is 7. The van der Waals surface area contributed by atoms with Gasteiger partial charge in [-0.15, -0.1) is 0 Å². The third-order valence-corrected chi connectivity index (χ3v) is 8.81. The molecule has 3 heterocycles. The average molecular weight is 551 g/mol. The Balaban J connectivity index is 1.38. The first-order chi connectivity index (χ1) is 18.9. The van der Waals surface area contributed by atoms with Gasteiger partial charge in [-0.25, -0.2) is 13.1 Å². The third-order valence-electron chi connectivity index (χ3n) is 7.40. The molecule has 4 aromatic rings. The SMILES string of the molecule is COc1cccc(OC)c1S(=O)(=O)Nc1noc2c1CC(C)c1ccc(-c3ccnn3C3CCCCO3)cc1-2. The number of aromatic nitrogens is 3. The van der Waals surface area contributed by atoms with Gasteiger partial charge in [-0.1, -0.05) is 30.3 Å². The van der Waals surface area contributed by atoms with E-state index in [1.54, 1.807) is 24.4 Å². The van der Waals surface area contributed by atoms with E-state index in [9.17, 15) is 8.42 Å². The van der Waals surface area contributed by atoms with Crippen molar-refractivity contribution in [3.8, 4) is 34.1 Å². The fourth-order valence-electron chi connectivity index (χ4n) is 5.50. The van der Waals surface area contributed by atoms with E-state index in [0.29, 0.717) is 17.7 Å². The molecule has 10 nitrogen and oxygen atoms in total. The summed E-state index contributed by atoms with van der Waals surface area (Å²) in [4.78, 5) is -0.100. The first kappa shape index (κ1) is 25.4. The monoisotopic (exact) mass is 550 g/mol. The lowest BCUT2D eigenvalue weighted by Crippen LogP contribution is -2.20. The molecule has 2 aromatic carbocycles. The van der Waals surface area contributed by atoms with Crippen LogP contribution in [0.3, 0.4) is 0 Å². The van der Waals surface area contributed by atoms with Crippen molar-refractivity contribution in [3.63, 3.8) is 0 Å². The van der Waals surface area contributed by atoms with Crippen LogP contribution in [0.25, 0.3) is 22.6 Å². The van der Waals surface area contributed by atoms with Gasteiger partial charge in [0.25, 0.3) is 10.0 Å². The second-order valence-corrected chi connectivity index (χ2v) is 11.4. The largest absolute Gasteiger partial charge is 0.495 e. The number of fused-ring (bicyclic) bond motifs is 3. The molecule has 6 rings (SSSR count). The van der Waals surface area contributed by atoms with E-state index >= 15 is 0 Å². The minimum atomic E-state index is -4.11. The minimum Gasteiger partial charge on any atom is -0.495 e. The Morgan fingerprint density at radius 3 is 2.59 bits per heavy atom. The lowest BCUT2D eigenvalue weighted by atomic mass is 9.82. The molecule has 1 aliphatic carbocycles. The maximum Gasteiger partial charge on any atom is 0.270 e. The lowest BCUT2D eigenvalue weighted by Gasteiger charge is -2.25. The lowest BCUT2D eigenvalue weighted by molar-refractivity contribution is -0.0383. The van der Waals surface area contributed by atoms with Crippen molar-refractivity contribution in [2.75, 3.05) is 25.5 Å². The summed E-state index contributed by atoms with van der Waals surface area (Å²) in [7, 11) is -1.28. The van der Waals surface area contributed by atoms with Gasteiger partial charge in [0.15, 0.2) is 22.7 Å². The van der Waals surface area contributed by atoms with Gasteiger partial charge in [-0.05, 0) is 61.4 Å². The summed E-state index contributed by atoms with van der Waals surface area (Å²) in [6.45, 7) is 2.84. The van der Waals surface area contributed by atoms with Crippen molar-refractivity contribution in [3.05, 3.63) is 59.8 Å². The number of nitrogens with one attached hydrogen (secondary N) is 1. The number of methoxy groups -OCH3 is 2. The fraction of sp³-hybridized carbons (Fsp3) is 0.357. The molecular weight excluding hydrogens is 520 g/mol. The maximum atomic E-state index is 13.5. The molecule has 1 fully saturated rings. The molecule has 39 heavy (non-hydrogen) atoms. The Morgan fingerprint density at radius 1 is 1.08 bits per heavy atom. The number of anilines is 1. The highest BCUT2D eigenvalue weighted by Gasteiger charge is 2.33. The van der Waals surface area contributed by atoms with Gasteiger partial charge in [0.1, 0.15) is 11.5 Å². The van der Waals surface area contributed by atoms with Crippen molar-refractivity contribution < 1.29 is 27.2 Å². The fourth-order valence-corrected chi connectivity index (χ4v) is 6.85. The number of hydrogen-bond acceptors (Lipinski definition) is 8. The zero-order chi connectivity index (χ0) is 27.1. The van der Waals surface area contributed by atoms with E-state index < -0.39 is 10.0 Å². The van der Waals surface area contributed by atoms with Gasteiger partial charge in [0.05, 0.1) is 19.9 Å². The van der Waals surface area contributed by atoms with E-state index in [4.69, 9.17) is 18.7 Å². The number of hydrogen-bond donors (Lipinski definition) is 1. The zero-order valence-corrected chi connectivity index (χ0v) is 22.8. The van der Waals surface area contributed by atoms with Crippen molar-refractivity contribution in [1.29, 1.82) is 0 Å². The van der Waals surface area contributed by atoms with Crippen molar-refractivity contribution in [1.82, 2.24) is 14.9 Å². The average Bonchev–Trinajstić information content (AvgIpc) is 3.60. The quantitative estimate of drug-likeness (QED) is 0.326. The summed E-state index contributed by atoms with van der Waals surface area (Å²) in [5.74, 6) is 1.16. The molecule has 1 saturated heterocycles. The second-order valence-electron chi connectivity index (χ2n) is 9.83. The van der Waals surface area contributed by atoms with Crippen LogP contribution in [-0.2, 0) is 21.2 Å². The van der Waals surface area contributed by atoms with Gasteiger partial charge in [-0.3, -0.25) is 4.72 Å². The highest BCUT2D eigenvalue weighted by Crippen LogP contribution is 2.45. The third kappa shape index (κ3) is 4.45. The molecule has 2 aromatic heterocycles. The minimum absolute atomic E-state index is 0.0903. The Labute approximate surface area is 226 Å². The van der Waals surface area contributed by atoms with Crippen LogP contribution in [0.15, 0.2) is 58.1 Å². The molecule has 11 heteroatoms. The highest BCUT2D eigenvalue weighted by molar-refractivity contribution is 7.93. The predicted octanol–water partition coefficient (Wildman–Crippen LogP) is 5.38. The molecule has 0 radical (unpaired) electrons. The molecule has 1 aliphatic heterocycles. The molecule has 204 valence electrons. The van der Waals surface area contributed by atoms with Crippen LogP contribution in [0, 0.1) is 0 Å². The highest BCUT2D eigenvalue weighted by atomic mass is 32.2. The number of nitrogens with zero attached hydrogens (tertiary/aromatic N) is 3. The Morgan fingerprint density at radius 2 is 1.87 bits per heavy atom. The van der Waals surface area contributed by atoms with Crippen molar-refractivity contribution in [2.45, 2.75) is 49.6 Å². The first-order valence-electron chi connectivity index (χ1n) is 12.9. The predicted molar refractivity (Wildman–Crippen MR) is 144 cm³/mol. The number of benzene rings is 2. The molecule has 0 amide bonds. The van der Waals surface area contributed by atoms with E-state index in [1.807, 2.05) is 10.7 Å². The van der Waals surface area contributed by atoms with E-state index in [-0.39, 0.29) is 34.4 Å². The standard InChI is InChI=1S/C28H30N4O6S/c1-17-15-21-26(38-30-28(21)31-39(33,34)27-23(35-2)7-6-8-24(27)36-3)20-16-18(10-11-19(17)20)22-12-13-29-32(22)25-9-4-5-14-37-25/h6-8,10-13,16-17,25H,4-5,9,14-15H2,1-3H3,(H,30,31). The summed E-state index contributed by atoms with van der Waals surface area (Å²) in [5, 5.41) is 8.70. The molecule has 0 saturated carbocycles. The van der Waals surface area contributed by atoms with Crippen molar-refractivity contribution >= 4 is 15.8 Å². The van der Waals surface area contributed by atoms with E-state index in [1.165, 1.54) is 14.2 Å². The normalized spacial score (nSPS) is 18.7. The topological polar surface area (TPSA) is 118 Å². The summed E-state index contributed by atoms with van der Waals surface area (Å²) in [6, 6.07) is 13.0. The Kier molecular flexibility index (Phi) is 6.56. The first-order valence-corrected chi connectivity index (χ1v) is 14.4. The molecule has 2 unspecified atom stereocenters. The Bertz CT molecular complexity index is 1600. The number of sulfonamides is 1. The molecule has 2 aliphatic rings. The van der Waals surface area contributed by atoms with Gasteiger partial charge >= 0.3 is 0 Å². The zero-order valence-electron chi connectivity index (χ0n) is 22.0. The summed E-state index contributed by atoms with van der Waals surface area (Å²) >= 11 is 0. The molecule has 0 spiro atoms. The second kappa shape index (κ2) is 10.0. The van der Waals surface area contributed by atoms with Crippen molar-refractivity contribution in [2.24, 2.45) is 0 Å². The number of ether oxygens (including phenoxy) is 3. The van der Waals surface area contributed by atoms with Crippen LogP contribution in [0.1, 0.15) is 49.5 Å². The van der Waals surface area contributed by atoms with Crippen LogP contribution in [0.2, 0.25) is 0 Å². The van der Waals surface area contributed by atoms with Gasteiger partial charge in [0, 0.05) is 29.5 Å². The molecule has 0 bridgehead atoms. The van der Waals surface area contributed by atoms with E-state index in [2.05, 4.69) is 40.1 Å². The maximum absolute atomic E-state index is 13.5. The molecule has 2 atom stereocenters. The van der Waals surface area contributed by atoms with Gasteiger partial charge in [0.2, 0.25) is 0 Å². The summed E-state index contributed by atoms with van der Waals surface area (Å²) < 4.78 is 53.9. The Hall–Kier alpha value is -3.83. The summed E-state index contributed by atoms with van der Waals surface area (Å²) in [5.41, 5.74) is 4.62. The van der Waals surface area contributed by atoms with Crippen LogP contribution in [0.5, 0.6) is 11.5 Å². The van der Waals surface area contributed by atoms with Crippen LogP contribution in [0.4, 0.5) is 5.82 Å². The van der Waals surface area contributed by atoms with Crippen LogP contribution >= 0.6 is 0 Å². The summed E-state index contributed by atoms with van der Waals surface area (Å²) in [6.07, 6.45) is 5.35.